The van der Waals surface area contributed by atoms with Crippen molar-refractivity contribution in [2.24, 2.45) is 0 Å². The van der Waals surface area contributed by atoms with E-state index in [-0.39, 0.29) is 0 Å². The van der Waals surface area contributed by atoms with Crippen LogP contribution in [-0.2, 0) is 0 Å². The van der Waals surface area contributed by atoms with Crippen LogP contribution in [0.25, 0.3) is 21.9 Å². The van der Waals surface area contributed by atoms with Crippen LogP contribution in [0.15, 0.2) is 28.7 Å². The van der Waals surface area contributed by atoms with Crippen molar-refractivity contribution in [1.29, 1.82) is 0 Å². The zero-order chi connectivity index (χ0) is 12.2. The first-order valence-corrected chi connectivity index (χ1v) is 6.17. The van der Waals surface area contributed by atoms with Crippen molar-refractivity contribution in [3.8, 4) is 0 Å². The molecule has 1 nitrogen and oxygen atoms in total. The van der Waals surface area contributed by atoms with Crippen molar-refractivity contribution in [3.05, 3.63) is 44.9 Å². The van der Waals surface area contributed by atoms with Gasteiger partial charge in [0.25, 0.3) is 0 Å². The number of hydrogen-bond donors (Lipinski definition) is 0. The van der Waals surface area contributed by atoms with Crippen LogP contribution in [0.5, 0.6) is 0 Å². The molecule has 17 heavy (non-hydrogen) atoms. The maximum absolute atomic E-state index is 6.20. The summed E-state index contributed by atoms with van der Waals surface area (Å²) in [6.45, 7) is 1.95. The lowest BCUT2D eigenvalue weighted by atomic mass is 10.1. The minimum Gasteiger partial charge on any atom is -0.456 e. The highest BCUT2D eigenvalue weighted by atomic mass is 35.5. The standard InChI is InChI=1S/C13H7Cl3O/c1-6-2-7(14)3-9-12-10(16)4-8(15)5-11(12)17-13(6)9/h2-5H,1H3. The van der Waals surface area contributed by atoms with E-state index in [0.717, 1.165) is 21.9 Å². The van der Waals surface area contributed by atoms with Crippen molar-refractivity contribution >= 4 is 56.7 Å². The Morgan fingerprint density at radius 3 is 2.41 bits per heavy atom. The molecule has 0 saturated carbocycles. The summed E-state index contributed by atoms with van der Waals surface area (Å²) in [5.74, 6) is 0. The molecular formula is C13H7Cl3O. The number of furan rings is 1. The third-order valence-corrected chi connectivity index (χ3v) is 3.47. The number of aryl methyl sites for hydroxylation is 1. The van der Waals surface area contributed by atoms with Gasteiger partial charge in [-0.05, 0) is 30.7 Å². The Labute approximate surface area is 113 Å². The van der Waals surface area contributed by atoms with E-state index in [1.165, 1.54) is 0 Å². The minimum absolute atomic E-state index is 0.560. The molecule has 0 amide bonds. The molecule has 3 rings (SSSR count). The summed E-state index contributed by atoms with van der Waals surface area (Å²) in [7, 11) is 0. The summed E-state index contributed by atoms with van der Waals surface area (Å²) >= 11 is 18.2. The van der Waals surface area contributed by atoms with E-state index in [9.17, 15) is 0 Å². The highest BCUT2D eigenvalue weighted by Gasteiger charge is 2.13. The fourth-order valence-corrected chi connectivity index (χ4v) is 2.90. The molecule has 0 unspecified atom stereocenters. The SMILES string of the molecule is Cc1cc(Cl)cc2c1oc1cc(Cl)cc(Cl)c12. The summed E-state index contributed by atoms with van der Waals surface area (Å²) in [5, 5.41) is 3.59. The molecule has 0 N–H and O–H groups in total. The summed E-state index contributed by atoms with van der Waals surface area (Å²) in [6, 6.07) is 7.18. The number of rotatable bonds is 0. The Morgan fingerprint density at radius 2 is 1.65 bits per heavy atom. The second-order valence-corrected chi connectivity index (χ2v) is 5.24. The Morgan fingerprint density at radius 1 is 0.941 bits per heavy atom. The molecule has 0 spiro atoms. The average Bonchev–Trinajstić information content (AvgIpc) is 2.56. The van der Waals surface area contributed by atoms with Gasteiger partial charge in [0, 0.05) is 26.9 Å². The van der Waals surface area contributed by atoms with Gasteiger partial charge in [0.1, 0.15) is 11.2 Å². The third-order valence-electron chi connectivity index (χ3n) is 2.74. The van der Waals surface area contributed by atoms with Crippen LogP contribution in [-0.4, -0.2) is 0 Å². The van der Waals surface area contributed by atoms with Crippen molar-refractivity contribution in [3.63, 3.8) is 0 Å². The van der Waals surface area contributed by atoms with E-state index in [1.54, 1.807) is 12.1 Å². The molecular weight excluding hydrogens is 279 g/mol. The Bertz CT molecular complexity index is 743. The first-order chi connectivity index (χ1) is 8.06. The molecule has 1 aromatic heterocycles. The van der Waals surface area contributed by atoms with E-state index >= 15 is 0 Å². The van der Waals surface area contributed by atoms with Gasteiger partial charge in [-0.25, -0.2) is 0 Å². The molecule has 86 valence electrons. The molecule has 0 radical (unpaired) electrons. The molecule has 0 bridgehead atoms. The number of fused-ring (bicyclic) bond motifs is 3. The lowest BCUT2D eigenvalue weighted by Gasteiger charge is -1.97. The van der Waals surface area contributed by atoms with Gasteiger partial charge in [-0.2, -0.15) is 0 Å². The minimum atomic E-state index is 0.560. The monoisotopic (exact) mass is 284 g/mol. The van der Waals surface area contributed by atoms with E-state index in [2.05, 4.69) is 0 Å². The highest BCUT2D eigenvalue weighted by molar-refractivity contribution is 6.40. The molecule has 0 fully saturated rings. The van der Waals surface area contributed by atoms with E-state index < -0.39 is 0 Å². The molecule has 0 aliphatic heterocycles. The van der Waals surface area contributed by atoms with Crippen molar-refractivity contribution in [2.75, 3.05) is 0 Å². The number of benzene rings is 2. The quantitative estimate of drug-likeness (QED) is 0.504. The van der Waals surface area contributed by atoms with E-state index in [0.29, 0.717) is 20.7 Å². The zero-order valence-corrected chi connectivity index (χ0v) is 11.1. The first-order valence-electron chi connectivity index (χ1n) is 5.03. The van der Waals surface area contributed by atoms with Gasteiger partial charge in [0.2, 0.25) is 0 Å². The van der Waals surface area contributed by atoms with Crippen LogP contribution in [0.1, 0.15) is 5.56 Å². The Hall–Kier alpha value is -0.890. The average molecular weight is 286 g/mol. The molecule has 2 aromatic carbocycles. The molecule has 4 heteroatoms. The highest BCUT2D eigenvalue weighted by Crippen LogP contribution is 2.38. The summed E-state index contributed by atoms with van der Waals surface area (Å²) < 4.78 is 5.77. The fourth-order valence-electron chi connectivity index (χ4n) is 2.05. The van der Waals surface area contributed by atoms with Gasteiger partial charge in [0.05, 0.1) is 5.02 Å². The van der Waals surface area contributed by atoms with Gasteiger partial charge in [-0.15, -0.1) is 0 Å². The molecule has 0 atom stereocenters. The Kier molecular flexibility index (Phi) is 2.51. The number of hydrogen-bond acceptors (Lipinski definition) is 1. The number of halogens is 3. The lowest BCUT2D eigenvalue weighted by molar-refractivity contribution is 0.666. The van der Waals surface area contributed by atoms with Crippen LogP contribution in [0, 0.1) is 6.92 Å². The van der Waals surface area contributed by atoms with E-state index in [1.807, 2.05) is 19.1 Å². The predicted molar refractivity (Wildman–Crippen MR) is 73.5 cm³/mol. The molecule has 3 aromatic rings. The lowest BCUT2D eigenvalue weighted by Crippen LogP contribution is -1.74. The fraction of sp³-hybridized carbons (Fsp3) is 0.0769. The summed E-state index contributed by atoms with van der Waals surface area (Å²) in [6.07, 6.45) is 0. The van der Waals surface area contributed by atoms with Gasteiger partial charge in [-0.1, -0.05) is 34.8 Å². The molecule has 1 heterocycles. The first kappa shape index (κ1) is 11.2. The van der Waals surface area contributed by atoms with E-state index in [4.69, 9.17) is 39.2 Å². The van der Waals surface area contributed by atoms with Gasteiger partial charge in [-0.3, -0.25) is 0 Å². The van der Waals surface area contributed by atoms with Crippen molar-refractivity contribution in [1.82, 2.24) is 0 Å². The van der Waals surface area contributed by atoms with Gasteiger partial charge in [0.15, 0.2) is 0 Å². The molecule has 0 aliphatic rings. The van der Waals surface area contributed by atoms with Crippen LogP contribution in [0.4, 0.5) is 0 Å². The predicted octanol–water partition coefficient (Wildman–Crippen LogP) is 5.85. The Balaban J connectivity index is 2.60. The van der Waals surface area contributed by atoms with Crippen LogP contribution in [0.3, 0.4) is 0 Å². The van der Waals surface area contributed by atoms with Crippen LogP contribution >= 0.6 is 34.8 Å². The van der Waals surface area contributed by atoms with Gasteiger partial charge >= 0.3 is 0 Å². The summed E-state index contributed by atoms with van der Waals surface area (Å²) in [5.41, 5.74) is 2.47. The molecule has 0 saturated heterocycles. The largest absolute Gasteiger partial charge is 0.456 e. The van der Waals surface area contributed by atoms with Crippen molar-refractivity contribution in [2.45, 2.75) is 6.92 Å². The molecule has 0 aliphatic carbocycles. The van der Waals surface area contributed by atoms with Crippen molar-refractivity contribution < 1.29 is 4.42 Å². The topological polar surface area (TPSA) is 13.1 Å². The smallest absolute Gasteiger partial charge is 0.138 e. The zero-order valence-electron chi connectivity index (χ0n) is 8.85. The maximum Gasteiger partial charge on any atom is 0.138 e. The van der Waals surface area contributed by atoms with Crippen LogP contribution < -0.4 is 0 Å². The second-order valence-electron chi connectivity index (χ2n) is 3.96. The van der Waals surface area contributed by atoms with Crippen LogP contribution in [0.2, 0.25) is 15.1 Å². The van der Waals surface area contributed by atoms with Gasteiger partial charge < -0.3 is 4.42 Å². The summed E-state index contributed by atoms with van der Waals surface area (Å²) in [4.78, 5) is 0. The normalized spacial score (nSPS) is 11.5. The second kappa shape index (κ2) is 3.81. The third kappa shape index (κ3) is 1.70. The maximum atomic E-state index is 6.20.